The van der Waals surface area contributed by atoms with E-state index in [4.69, 9.17) is 4.42 Å². The molecule has 3 aromatic rings. The van der Waals surface area contributed by atoms with Crippen LogP contribution in [0.1, 0.15) is 43.2 Å². The van der Waals surface area contributed by atoms with Crippen LogP contribution >= 0.6 is 23.1 Å². The fourth-order valence-corrected chi connectivity index (χ4v) is 5.69. The third-order valence-corrected chi connectivity index (χ3v) is 7.68. The van der Waals surface area contributed by atoms with Gasteiger partial charge in [-0.3, -0.25) is 4.79 Å². The molecule has 9 heteroatoms. The van der Waals surface area contributed by atoms with Crippen LogP contribution in [0.5, 0.6) is 0 Å². The standard InChI is InChI=1S/C23H23FN4O2S2/c1-23(2,3)13-8-9-14-16(11-25)21(32-18(14)10-13)26-19(29)12-31-22-28-27-20(30-22)15-6-4-5-7-17(15)24/h4-7,13H,8-10,12H2,1-3H3,(H,26,29)/t13-/m1/s1. The number of nitrogens with zero attached hydrogens (tertiary/aromatic N) is 3. The summed E-state index contributed by atoms with van der Waals surface area (Å²) in [5.74, 6) is -0.0535. The molecule has 0 radical (unpaired) electrons. The number of carbonyl (C=O) groups is 1. The molecule has 2 aromatic heterocycles. The van der Waals surface area contributed by atoms with E-state index in [2.05, 4.69) is 42.4 Å². The minimum absolute atomic E-state index is 0.0386. The molecule has 0 unspecified atom stereocenters. The SMILES string of the molecule is CC(C)(C)[C@@H]1CCc2c(sc(NC(=O)CSc3nnc(-c4ccccc4F)o3)c2C#N)C1. The molecule has 4 rings (SSSR count). The van der Waals surface area contributed by atoms with E-state index < -0.39 is 5.82 Å². The lowest BCUT2D eigenvalue weighted by atomic mass is 9.72. The maximum absolute atomic E-state index is 13.9. The van der Waals surface area contributed by atoms with Gasteiger partial charge in [-0.2, -0.15) is 5.26 Å². The van der Waals surface area contributed by atoms with E-state index >= 15 is 0 Å². The van der Waals surface area contributed by atoms with Gasteiger partial charge >= 0.3 is 0 Å². The second kappa shape index (κ2) is 9.04. The number of nitrogens with one attached hydrogen (secondary N) is 1. The molecule has 1 atom stereocenters. The Morgan fingerprint density at radius 2 is 2.16 bits per heavy atom. The fourth-order valence-electron chi connectivity index (χ4n) is 3.83. The van der Waals surface area contributed by atoms with Crippen molar-refractivity contribution < 1.29 is 13.6 Å². The summed E-state index contributed by atoms with van der Waals surface area (Å²) in [5, 5.41) is 21.1. The first-order chi connectivity index (χ1) is 15.3. The highest BCUT2D eigenvalue weighted by atomic mass is 32.2. The average Bonchev–Trinajstić information content (AvgIpc) is 3.35. The number of benzene rings is 1. The molecule has 1 aliphatic rings. The van der Waals surface area contributed by atoms with Crippen LogP contribution in [0.15, 0.2) is 33.9 Å². The highest BCUT2D eigenvalue weighted by Crippen LogP contribution is 2.44. The Kier molecular flexibility index (Phi) is 6.35. The quantitative estimate of drug-likeness (QED) is 0.482. The Hall–Kier alpha value is -2.70. The minimum Gasteiger partial charge on any atom is -0.411 e. The van der Waals surface area contributed by atoms with Crippen molar-refractivity contribution in [3.63, 3.8) is 0 Å². The van der Waals surface area contributed by atoms with Gasteiger partial charge in [0.05, 0.1) is 16.9 Å². The number of anilines is 1. The highest BCUT2D eigenvalue weighted by Gasteiger charge is 2.32. The lowest BCUT2D eigenvalue weighted by molar-refractivity contribution is -0.113. The largest absolute Gasteiger partial charge is 0.411 e. The summed E-state index contributed by atoms with van der Waals surface area (Å²) in [6.45, 7) is 6.74. The van der Waals surface area contributed by atoms with Gasteiger partial charge < -0.3 is 9.73 Å². The molecule has 0 spiro atoms. The molecule has 32 heavy (non-hydrogen) atoms. The van der Waals surface area contributed by atoms with Gasteiger partial charge in [0.1, 0.15) is 16.9 Å². The van der Waals surface area contributed by atoms with Gasteiger partial charge in [-0.05, 0) is 48.3 Å². The molecular weight excluding hydrogens is 447 g/mol. The normalized spacial score (nSPS) is 15.8. The Balaban J connectivity index is 1.41. The minimum atomic E-state index is -0.454. The van der Waals surface area contributed by atoms with Crippen molar-refractivity contribution in [3.05, 3.63) is 46.1 Å². The molecule has 0 bridgehead atoms. The first kappa shape index (κ1) is 22.5. The van der Waals surface area contributed by atoms with E-state index in [1.54, 1.807) is 18.2 Å². The smallest absolute Gasteiger partial charge is 0.277 e. The van der Waals surface area contributed by atoms with Crippen molar-refractivity contribution in [2.45, 2.75) is 45.3 Å². The Labute approximate surface area is 194 Å². The predicted octanol–water partition coefficient (Wildman–Crippen LogP) is 5.69. The number of rotatable bonds is 5. The zero-order valence-corrected chi connectivity index (χ0v) is 19.7. The summed E-state index contributed by atoms with van der Waals surface area (Å²) in [6, 6.07) is 8.40. The summed E-state index contributed by atoms with van der Waals surface area (Å²) in [6.07, 6.45) is 2.85. The monoisotopic (exact) mass is 470 g/mol. The van der Waals surface area contributed by atoms with E-state index in [-0.39, 0.29) is 33.8 Å². The second-order valence-electron chi connectivity index (χ2n) is 8.82. The van der Waals surface area contributed by atoms with E-state index in [9.17, 15) is 14.4 Å². The van der Waals surface area contributed by atoms with Crippen LogP contribution in [0, 0.1) is 28.5 Å². The number of fused-ring (bicyclic) bond motifs is 1. The van der Waals surface area contributed by atoms with Crippen molar-refractivity contribution in [1.29, 1.82) is 5.26 Å². The summed E-state index contributed by atoms with van der Waals surface area (Å²) in [5.41, 5.74) is 2.08. The molecule has 1 N–H and O–H groups in total. The average molecular weight is 471 g/mol. The van der Waals surface area contributed by atoms with Gasteiger partial charge in [-0.15, -0.1) is 21.5 Å². The Morgan fingerprint density at radius 3 is 2.88 bits per heavy atom. The van der Waals surface area contributed by atoms with Crippen LogP contribution in [-0.2, 0) is 17.6 Å². The number of carbonyl (C=O) groups excluding carboxylic acids is 1. The van der Waals surface area contributed by atoms with Crippen molar-refractivity contribution >= 4 is 34.0 Å². The zero-order chi connectivity index (χ0) is 22.9. The lowest BCUT2D eigenvalue weighted by Crippen LogP contribution is -2.26. The van der Waals surface area contributed by atoms with Gasteiger partial charge in [-0.25, -0.2) is 4.39 Å². The number of halogens is 1. The Morgan fingerprint density at radius 1 is 1.38 bits per heavy atom. The number of hydrogen-bond donors (Lipinski definition) is 1. The maximum Gasteiger partial charge on any atom is 0.277 e. The van der Waals surface area contributed by atoms with Crippen molar-refractivity contribution in [2.24, 2.45) is 11.3 Å². The summed E-state index contributed by atoms with van der Waals surface area (Å²) >= 11 is 2.57. The third kappa shape index (κ3) is 4.71. The van der Waals surface area contributed by atoms with Crippen molar-refractivity contribution in [3.8, 4) is 17.5 Å². The van der Waals surface area contributed by atoms with Crippen LogP contribution in [0.2, 0.25) is 0 Å². The van der Waals surface area contributed by atoms with Gasteiger partial charge in [0.15, 0.2) is 0 Å². The van der Waals surface area contributed by atoms with Crippen LogP contribution in [0.3, 0.4) is 0 Å². The second-order valence-corrected chi connectivity index (χ2v) is 10.8. The topological polar surface area (TPSA) is 91.8 Å². The summed E-state index contributed by atoms with van der Waals surface area (Å²) in [4.78, 5) is 13.7. The van der Waals surface area contributed by atoms with E-state index in [1.165, 1.54) is 22.3 Å². The number of thiophene rings is 1. The summed E-state index contributed by atoms with van der Waals surface area (Å²) < 4.78 is 19.4. The number of nitriles is 1. The van der Waals surface area contributed by atoms with Crippen molar-refractivity contribution in [2.75, 3.05) is 11.1 Å². The van der Waals surface area contributed by atoms with E-state index in [0.29, 0.717) is 16.5 Å². The molecule has 6 nitrogen and oxygen atoms in total. The predicted molar refractivity (Wildman–Crippen MR) is 123 cm³/mol. The number of thioether (sulfide) groups is 1. The molecule has 2 heterocycles. The molecule has 0 saturated carbocycles. The molecule has 1 aromatic carbocycles. The maximum atomic E-state index is 13.9. The van der Waals surface area contributed by atoms with E-state index in [0.717, 1.165) is 36.6 Å². The molecule has 0 fully saturated rings. The van der Waals surface area contributed by atoms with Gasteiger partial charge in [0.2, 0.25) is 5.91 Å². The van der Waals surface area contributed by atoms with Crippen LogP contribution < -0.4 is 5.32 Å². The summed E-state index contributed by atoms with van der Waals surface area (Å²) in [7, 11) is 0. The van der Waals surface area contributed by atoms with Crippen LogP contribution in [0.4, 0.5) is 9.39 Å². The Bertz CT molecular complexity index is 1190. The molecule has 1 amide bonds. The van der Waals surface area contributed by atoms with Gasteiger partial charge in [0.25, 0.3) is 11.1 Å². The lowest BCUT2D eigenvalue weighted by Gasteiger charge is -2.33. The number of amides is 1. The zero-order valence-electron chi connectivity index (χ0n) is 18.1. The van der Waals surface area contributed by atoms with Gasteiger partial charge in [-0.1, -0.05) is 44.7 Å². The van der Waals surface area contributed by atoms with Crippen LogP contribution in [-0.4, -0.2) is 21.9 Å². The molecule has 166 valence electrons. The highest BCUT2D eigenvalue weighted by molar-refractivity contribution is 7.99. The molecule has 0 aliphatic heterocycles. The number of hydrogen-bond acceptors (Lipinski definition) is 7. The third-order valence-electron chi connectivity index (χ3n) is 5.69. The first-order valence-corrected chi connectivity index (χ1v) is 12.1. The van der Waals surface area contributed by atoms with Gasteiger partial charge in [0, 0.05) is 4.88 Å². The van der Waals surface area contributed by atoms with Crippen LogP contribution in [0.25, 0.3) is 11.5 Å². The first-order valence-electron chi connectivity index (χ1n) is 10.3. The van der Waals surface area contributed by atoms with Crippen molar-refractivity contribution in [1.82, 2.24) is 10.2 Å². The molecule has 1 aliphatic carbocycles. The van der Waals surface area contributed by atoms with E-state index in [1.807, 2.05) is 0 Å². The fraction of sp³-hybridized carbons (Fsp3) is 0.391. The molecule has 0 saturated heterocycles. The number of aromatic nitrogens is 2. The molecular formula is C23H23FN4O2S2.